The zero-order valence-corrected chi connectivity index (χ0v) is 13.0. The number of carbonyl (C=O) groups is 2. The lowest BCUT2D eigenvalue weighted by Gasteiger charge is -2.23. The number of benzene rings is 1. The third kappa shape index (κ3) is 6.14. The van der Waals surface area contributed by atoms with E-state index in [1.165, 1.54) is 0 Å². The van der Waals surface area contributed by atoms with Crippen LogP contribution in [0.5, 0.6) is 0 Å². The molecular formula is C15H21ClN2O3. The molecule has 116 valence electrons. The highest BCUT2D eigenvalue weighted by atomic mass is 35.5. The Labute approximate surface area is 129 Å². The predicted molar refractivity (Wildman–Crippen MR) is 82.3 cm³/mol. The van der Waals surface area contributed by atoms with Gasteiger partial charge in [-0.3, -0.25) is 9.59 Å². The molecule has 1 aromatic carbocycles. The van der Waals surface area contributed by atoms with Crippen molar-refractivity contribution in [1.82, 2.24) is 10.6 Å². The molecule has 5 nitrogen and oxygen atoms in total. The normalized spacial score (nSPS) is 11.0. The number of carbonyl (C=O) groups excluding carboxylic acids is 2. The summed E-state index contributed by atoms with van der Waals surface area (Å²) in [4.78, 5) is 23.6. The van der Waals surface area contributed by atoms with Crippen LogP contribution in [-0.2, 0) is 4.79 Å². The molecule has 0 bridgehead atoms. The lowest BCUT2D eigenvalue weighted by atomic mass is 9.90. The highest BCUT2D eigenvalue weighted by Crippen LogP contribution is 2.17. The minimum Gasteiger partial charge on any atom is -0.396 e. The average Bonchev–Trinajstić information content (AvgIpc) is 2.43. The molecule has 0 aromatic heterocycles. The molecule has 0 aliphatic heterocycles. The largest absolute Gasteiger partial charge is 0.396 e. The van der Waals surface area contributed by atoms with Crippen LogP contribution in [0, 0.1) is 5.41 Å². The molecule has 0 spiro atoms. The van der Waals surface area contributed by atoms with Gasteiger partial charge in [0.05, 0.1) is 17.1 Å². The Balaban J connectivity index is 2.40. The van der Waals surface area contributed by atoms with Gasteiger partial charge in [0.15, 0.2) is 0 Å². The maximum absolute atomic E-state index is 11.9. The molecule has 0 heterocycles. The Kier molecular flexibility index (Phi) is 6.65. The van der Waals surface area contributed by atoms with Gasteiger partial charge in [-0.15, -0.1) is 0 Å². The Morgan fingerprint density at radius 2 is 1.90 bits per heavy atom. The third-order valence-corrected chi connectivity index (χ3v) is 3.41. The van der Waals surface area contributed by atoms with Crippen LogP contribution in [0.3, 0.4) is 0 Å². The number of nitrogens with one attached hydrogen (secondary N) is 2. The maximum Gasteiger partial charge on any atom is 0.253 e. The first-order valence-corrected chi connectivity index (χ1v) is 7.14. The van der Waals surface area contributed by atoms with Crippen LogP contribution in [0.2, 0.25) is 5.02 Å². The molecule has 6 heteroatoms. The van der Waals surface area contributed by atoms with E-state index in [0.717, 1.165) is 0 Å². The molecule has 1 aromatic rings. The first kappa shape index (κ1) is 17.5. The molecule has 0 saturated heterocycles. The summed E-state index contributed by atoms with van der Waals surface area (Å²) in [6.45, 7) is 4.30. The van der Waals surface area contributed by atoms with Crippen molar-refractivity contribution in [3.05, 3.63) is 34.9 Å². The minimum absolute atomic E-state index is 0.0755. The molecule has 3 N–H and O–H groups in total. The van der Waals surface area contributed by atoms with E-state index in [9.17, 15) is 9.59 Å². The van der Waals surface area contributed by atoms with Crippen molar-refractivity contribution in [3.8, 4) is 0 Å². The number of rotatable bonds is 7. The summed E-state index contributed by atoms with van der Waals surface area (Å²) in [7, 11) is 0. The second-order valence-corrected chi connectivity index (χ2v) is 5.98. The lowest BCUT2D eigenvalue weighted by molar-refractivity contribution is -0.120. The molecule has 0 saturated carbocycles. The van der Waals surface area contributed by atoms with Crippen LogP contribution in [0.15, 0.2) is 24.3 Å². The van der Waals surface area contributed by atoms with Crippen LogP contribution in [0.25, 0.3) is 0 Å². The summed E-state index contributed by atoms with van der Waals surface area (Å²) in [5.41, 5.74) is 0.157. The van der Waals surface area contributed by atoms with Gasteiger partial charge in [-0.2, -0.15) is 0 Å². The van der Waals surface area contributed by atoms with Crippen molar-refractivity contribution in [2.45, 2.75) is 20.3 Å². The van der Waals surface area contributed by atoms with Gasteiger partial charge < -0.3 is 15.7 Å². The lowest BCUT2D eigenvalue weighted by Crippen LogP contribution is -2.41. The fraction of sp³-hybridized carbons (Fsp3) is 0.467. The van der Waals surface area contributed by atoms with Crippen molar-refractivity contribution >= 4 is 23.4 Å². The van der Waals surface area contributed by atoms with E-state index in [1.807, 2.05) is 13.8 Å². The fourth-order valence-electron chi connectivity index (χ4n) is 1.69. The molecule has 0 atom stereocenters. The summed E-state index contributed by atoms with van der Waals surface area (Å²) < 4.78 is 0. The van der Waals surface area contributed by atoms with Crippen LogP contribution in [0.4, 0.5) is 0 Å². The van der Waals surface area contributed by atoms with Crippen molar-refractivity contribution in [1.29, 1.82) is 0 Å². The Bertz CT molecular complexity index is 503. The summed E-state index contributed by atoms with van der Waals surface area (Å²) in [6, 6.07) is 6.65. The number of hydrogen-bond acceptors (Lipinski definition) is 3. The fourth-order valence-corrected chi connectivity index (χ4v) is 1.91. The maximum atomic E-state index is 11.9. The summed E-state index contributed by atoms with van der Waals surface area (Å²) in [5.74, 6) is -0.660. The van der Waals surface area contributed by atoms with Crippen molar-refractivity contribution in [2.24, 2.45) is 5.41 Å². The predicted octanol–water partition coefficient (Wildman–Crippen LogP) is 1.59. The van der Waals surface area contributed by atoms with E-state index in [-0.39, 0.29) is 30.4 Å². The van der Waals surface area contributed by atoms with Crippen LogP contribution in [0.1, 0.15) is 30.6 Å². The van der Waals surface area contributed by atoms with E-state index in [4.69, 9.17) is 16.7 Å². The van der Waals surface area contributed by atoms with Gasteiger partial charge in [0.25, 0.3) is 5.91 Å². The monoisotopic (exact) mass is 312 g/mol. The smallest absolute Gasteiger partial charge is 0.253 e. The van der Waals surface area contributed by atoms with Gasteiger partial charge in [-0.1, -0.05) is 37.6 Å². The van der Waals surface area contributed by atoms with Gasteiger partial charge >= 0.3 is 0 Å². The van der Waals surface area contributed by atoms with E-state index in [2.05, 4.69) is 10.6 Å². The summed E-state index contributed by atoms with van der Waals surface area (Å²) in [5, 5.41) is 14.5. The molecule has 0 aliphatic carbocycles. The number of halogens is 1. The molecule has 0 unspecified atom stereocenters. The highest BCUT2D eigenvalue weighted by Gasteiger charge is 2.18. The quantitative estimate of drug-likeness (QED) is 0.715. The van der Waals surface area contributed by atoms with Crippen LogP contribution >= 0.6 is 11.6 Å². The average molecular weight is 313 g/mol. The van der Waals surface area contributed by atoms with E-state index < -0.39 is 0 Å². The van der Waals surface area contributed by atoms with Crippen LogP contribution < -0.4 is 10.6 Å². The Morgan fingerprint density at radius 1 is 1.24 bits per heavy atom. The number of hydrogen-bond donors (Lipinski definition) is 3. The standard InChI is InChI=1S/C15H21ClN2O3/c1-15(2,7-8-19)10-18-13(20)9-17-14(21)11-5-3-4-6-12(11)16/h3-6,19H,7-10H2,1-2H3,(H,17,21)(H,18,20). The molecule has 0 fully saturated rings. The first-order chi connectivity index (χ1) is 9.85. The van der Waals surface area contributed by atoms with Gasteiger partial charge in [0.2, 0.25) is 5.91 Å². The van der Waals surface area contributed by atoms with Crippen molar-refractivity contribution < 1.29 is 14.7 Å². The molecule has 0 radical (unpaired) electrons. The highest BCUT2D eigenvalue weighted by molar-refractivity contribution is 6.33. The van der Waals surface area contributed by atoms with Gasteiger partial charge in [-0.25, -0.2) is 0 Å². The number of aliphatic hydroxyl groups excluding tert-OH is 1. The molecular weight excluding hydrogens is 292 g/mol. The SMILES string of the molecule is CC(C)(CCO)CNC(=O)CNC(=O)c1ccccc1Cl. The van der Waals surface area contributed by atoms with E-state index in [1.54, 1.807) is 24.3 Å². The van der Waals surface area contributed by atoms with Gasteiger partial charge in [0.1, 0.15) is 0 Å². The Hall–Kier alpha value is -1.59. The first-order valence-electron chi connectivity index (χ1n) is 6.76. The van der Waals surface area contributed by atoms with Gasteiger partial charge in [0, 0.05) is 13.2 Å². The zero-order chi connectivity index (χ0) is 15.9. The summed E-state index contributed by atoms with van der Waals surface area (Å²) in [6.07, 6.45) is 0.596. The number of amides is 2. The summed E-state index contributed by atoms with van der Waals surface area (Å²) >= 11 is 5.91. The second-order valence-electron chi connectivity index (χ2n) is 5.58. The van der Waals surface area contributed by atoms with E-state index in [0.29, 0.717) is 23.6 Å². The minimum atomic E-state index is -0.384. The third-order valence-electron chi connectivity index (χ3n) is 3.08. The van der Waals surface area contributed by atoms with Crippen molar-refractivity contribution in [3.63, 3.8) is 0 Å². The topological polar surface area (TPSA) is 78.4 Å². The second kappa shape index (κ2) is 8.00. The van der Waals surface area contributed by atoms with Crippen molar-refractivity contribution in [2.75, 3.05) is 19.7 Å². The zero-order valence-electron chi connectivity index (χ0n) is 12.3. The molecule has 0 aliphatic rings. The molecule has 21 heavy (non-hydrogen) atoms. The van der Waals surface area contributed by atoms with Crippen LogP contribution in [-0.4, -0.2) is 36.6 Å². The van der Waals surface area contributed by atoms with E-state index >= 15 is 0 Å². The molecule has 1 rings (SSSR count). The Morgan fingerprint density at radius 3 is 2.52 bits per heavy atom. The number of aliphatic hydroxyl groups is 1. The van der Waals surface area contributed by atoms with Gasteiger partial charge in [-0.05, 0) is 24.0 Å². The molecule has 2 amide bonds.